The van der Waals surface area contributed by atoms with Gasteiger partial charge in [0.15, 0.2) is 9.84 Å². The standard InChI is InChI=1S/C24H22ClN5O5S2/c1-4-30(16-8-6-9-17(14-16)36(31,32)5-2)24-28-22(25)27-23(29-24)26-19-13-12-15(3)18-10-7-11-20(21(18)19)37(33,34)35/h5-14H,2,4H2,1,3H3,(H,33,34,35)(H,26,27,28,29). The number of aryl methyl sites for hydroxylation is 1. The zero-order valence-electron chi connectivity index (χ0n) is 19.8. The van der Waals surface area contributed by atoms with Gasteiger partial charge in [0.2, 0.25) is 17.2 Å². The van der Waals surface area contributed by atoms with Crippen LogP contribution in [0.25, 0.3) is 10.8 Å². The molecule has 4 rings (SSSR count). The average molecular weight is 560 g/mol. The number of hydrogen-bond donors (Lipinski definition) is 2. The molecule has 3 aromatic carbocycles. The third kappa shape index (κ3) is 5.42. The van der Waals surface area contributed by atoms with Crippen molar-refractivity contribution in [3.05, 3.63) is 77.4 Å². The topological polar surface area (TPSA) is 142 Å². The molecule has 0 amide bonds. The maximum absolute atomic E-state index is 12.3. The summed E-state index contributed by atoms with van der Waals surface area (Å²) in [5.74, 6) is 0.142. The Labute approximate surface area is 219 Å². The second-order valence-corrected chi connectivity index (χ2v) is 11.5. The van der Waals surface area contributed by atoms with Gasteiger partial charge in [-0.3, -0.25) is 4.55 Å². The van der Waals surface area contributed by atoms with E-state index in [1.807, 2.05) is 13.8 Å². The van der Waals surface area contributed by atoms with Crippen LogP contribution >= 0.6 is 11.6 Å². The first-order valence-corrected chi connectivity index (χ1v) is 14.2. The van der Waals surface area contributed by atoms with Gasteiger partial charge in [0, 0.05) is 23.0 Å². The molecule has 0 saturated heterocycles. The van der Waals surface area contributed by atoms with E-state index >= 15 is 0 Å². The Hall–Kier alpha value is -3.58. The van der Waals surface area contributed by atoms with Crippen LogP contribution in [0.15, 0.2) is 76.4 Å². The largest absolute Gasteiger partial charge is 0.323 e. The van der Waals surface area contributed by atoms with E-state index < -0.39 is 20.0 Å². The van der Waals surface area contributed by atoms with Crippen LogP contribution in [0, 0.1) is 6.92 Å². The quantitative estimate of drug-likeness (QED) is 0.281. The lowest BCUT2D eigenvalue weighted by Gasteiger charge is -2.22. The lowest BCUT2D eigenvalue weighted by atomic mass is 10.0. The van der Waals surface area contributed by atoms with Crippen molar-refractivity contribution >= 4 is 65.6 Å². The van der Waals surface area contributed by atoms with Crippen molar-refractivity contribution in [1.82, 2.24) is 15.0 Å². The van der Waals surface area contributed by atoms with Gasteiger partial charge >= 0.3 is 0 Å². The molecule has 0 bridgehead atoms. The Bertz CT molecular complexity index is 1740. The molecule has 192 valence electrons. The van der Waals surface area contributed by atoms with Crippen molar-refractivity contribution in [3.63, 3.8) is 0 Å². The molecule has 0 aliphatic rings. The van der Waals surface area contributed by atoms with E-state index in [0.717, 1.165) is 11.0 Å². The van der Waals surface area contributed by atoms with Crippen molar-refractivity contribution in [3.8, 4) is 0 Å². The number of rotatable bonds is 8. The van der Waals surface area contributed by atoms with Crippen LogP contribution in [-0.2, 0) is 20.0 Å². The lowest BCUT2D eigenvalue weighted by Crippen LogP contribution is -2.20. The molecule has 0 spiro atoms. The van der Waals surface area contributed by atoms with E-state index in [4.69, 9.17) is 11.6 Å². The molecule has 0 atom stereocenters. The van der Waals surface area contributed by atoms with Gasteiger partial charge in [-0.05, 0) is 66.7 Å². The summed E-state index contributed by atoms with van der Waals surface area (Å²) in [6.45, 7) is 7.36. The number of nitrogens with one attached hydrogen (secondary N) is 1. The van der Waals surface area contributed by atoms with E-state index in [-0.39, 0.29) is 32.4 Å². The summed E-state index contributed by atoms with van der Waals surface area (Å²) in [5, 5.41) is 4.58. The van der Waals surface area contributed by atoms with Gasteiger partial charge in [0.05, 0.1) is 10.6 Å². The Morgan fingerprint density at radius 1 is 1.05 bits per heavy atom. The van der Waals surface area contributed by atoms with Gasteiger partial charge in [-0.25, -0.2) is 8.42 Å². The van der Waals surface area contributed by atoms with Crippen LogP contribution < -0.4 is 10.2 Å². The smallest absolute Gasteiger partial charge is 0.295 e. The highest BCUT2D eigenvalue weighted by molar-refractivity contribution is 7.94. The number of fused-ring (bicyclic) bond motifs is 1. The summed E-state index contributed by atoms with van der Waals surface area (Å²) >= 11 is 6.20. The average Bonchev–Trinajstić information content (AvgIpc) is 2.85. The molecule has 2 N–H and O–H groups in total. The van der Waals surface area contributed by atoms with Gasteiger partial charge in [0.1, 0.15) is 4.90 Å². The van der Waals surface area contributed by atoms with Crippen molar-refractivity contribution in [1.29, 1.82) is 0 Å². The van der Waals surface area contributed by atoms with Gasteiger partial charge in [-0.2, -0.15) is 23.4 Å². The summed E-state index contributed by atoms with van der Waals surface area (Å²) in [5.41, 5.74) is 1.61. The van der Waals surface area contributed by atoms with Crippen LogP contribution in [0.4, 0.5) is 23.3 Å². The number of anilines is 4. The number of aromatic nitrogens is 3. The first-order valence-electron chi connectivity index (χ1n) is 10.9. The molecule has 0 saturated carbocycles. The maximum atomic E-state index is 12.3. The second-order valence-electron chi connectivity index (χ2n) is 7.89. The lowest BCUT2D eigenvalue weighted by molar-refractivity contribution is 0.484. The monoisotopic (exact) mass is 559 g/mol. The molecule has 0 radical (unpaired) electrons. The Kier molecular flexibility index (Phi) is 7.20. The predicted molar refractivity (Wildman–Crippen MR) is 143 cm³/mol. The number of benzene rings is 3. The molecular weight excluding hydrogens is 538 g/mol. The molecule has 13 heteroatoms. The number of halogens is 1. The van der Waals surface area contributed by atoms with E-state index in [1.54, 1.807) is 41.3 Å². The fourth-order valence-electron chi connectivity index (χ4n) is 3.84. The number of sulfone groups is 1. The Balaban J connectivity index is 1.82. The summed E-state index contributed by atoms with van der Waals surface area (Å²) in [4.78, 5) is 14.2. The first kappa shape index (κ1) is 26.5. The van der Waals surface area contributed by atoms with Crippen molar-refractivity contribution in [2.75, 3.05) is 16.8 Å². The van der Waals surface area contributed by atoms with Crippen LogP contribution in [0.2, 0.25) is 5.28 Å². The van der Waals surface area contributed by atoms with Gasteiger partial charge in [-0.15, -0.1) is 0 Å². The molecule has 0 aliphatic carbocycles. The SMILES string of the molecule is C=CS(=O)(=O)c1cccc(N(CC)c2nc(Cl)nc(Nc3ccc(C)c4cccc(S(=O)(=O)O)c34)n2)c1. The minimum atomic E-state index is -4.53. The third-order valence-corrected chi connectivity index (χ3v) is 7.99. The van der Waals surface area contributed by atoms with Crippen LogP contribution in [0.1, 0.15) is 12.5 Å². The number of hydrogen-bond acceptors (Lipinski definition) is 9. The Morgan fingerprint density at radius 2 is 1.78 bits per heavy atom. The summed E-state index contributed by atoms with van der Waals surface area (Å²) in [7, 11) is -8.20. The molecule has 0 aliphatic heterocycles. The minimum Gasteiger partial charge on any atom is -0.323 e. The molecule has 0 fully saturated rings. The zero-order chi connectivity index (χ0) is 27.0. The molecule has 4 aromatic rings. The van der Waals surface area contributed by atoms with E-state index in [9.17, 15) is 21.4 Å². The highest BCUT2D eigenvalue weighted by Gasteiger charge is 2.20. The highest BCUT2D eigenvalue weighted by Crippen LogP contribution is 2.34. The molecule has 1 heterocycles. The van der Waals surface area contributed by atoms with E-state index in [2.05, 4.69) is 26.8 Å². The fraction of sp³-hybridized carbons (Fsp3) is 0.125. The maximum Gasteiger partial charge on any atom is 0.295 e. The zero-order valence-corrected chi connectivity index (χ0v) is 22.1. The van der Waals surface area contributed by atoms with Crippen molar-refractivity contribution < 1.29 is 21.4 Å². The van der Waals surface area contributed by atoms with Crippen molar-refractivity contribution in [2.45, 2.75) is 23.6 Å². The minimum absolute atomic E-state index is 0.0126. The van der Waals surface area contributed by atoms with Gasteiger partial charge in [0.25, 0.3) is 10.1 Å². The third-order valence-electron chi connectivity index (χ3n) is 5.58. The van der Waals surface area contributed by atoms with E-state index in [1.165, 1.54) is 18.2 Å². The first-order chi connectivity index (χ1) is 17.4. The normalized spacial score (nSPS) is 11.9. The summed E-state index contributed by atoms with van der Waals surface area (Å²) < 4.78 is 58.5. The molecular formula is C24H22ClN5O5S2. The summed E-state index contributed by atoms with van der Waals surface area (Å²) in [6, 6.07) is 14.2. The van der Waals surface area contributed by atoms with Crippen LogP contribution in [-0.4, -0.2) is 42.9 Å². The Morgan fingerprint density at radius 3 is 2.46 bits per heavy atom. The predicted octanol–water partition coefficient (Wildman–Crippen LogP) is 5.05. The molecule has 37 heavy (non-hydrogen) atoms. The molecule has 10 nitrogen and oxygen atoms in total. The highest BCUT2D eigenvalue weighted by atomic mass is 35.5. The second kappa shape index (κ2) is 10.1. The van der Waals surface area contributed by atoms with E-state index in [0.29, 0.717) is 23.3 Å². The van der Waals surface area contributed by atoms with Crippen LogP contribution in [0.3, 0.4) is 0 Å². The van der Waals surface area contributed by atoms with Gasteiger partial charge in [-0.1, -0.05) is 30.8 Å². The van der Waals surface area contributed by atoms with Crippen molar-refractivity contribution in [2.24, 2.45) is 0 Å². The molecule has 0 unspecified atom stereocenters. The van der Waals surface area contributed by atoms with Crippen LogP contribution in [0.5, 0.6) is 0 Å². The van der Waals surface area contributed by atoms with Gasteiger partial charge < -0.3 is 10.2 Å². The molecule has 1 aromatic heterocycles. The summed E-state index contributed by atoms with van der Waals surface area (Å²) in [6.07, 6.45) is 0. The number of nitrogens with zero attached hydrogens (tertiary/aromatic N) is 4. The fourth-order valence-corrected chi connectivity index (χ4v) is 5.47.